The second-order valence-corrected chi connectivity index (χ2v) is 6.95. The standard InChI is InChI=1S/C11H23N3O3S/c1-10-9-17-11(2)8-14(10)18(15,16)13-6-3-4-12-5-7-13/h10-12H,3-9H2,1-2H3/t10-,11+/m1/s1. The molecule has 0 radical (unpaired) electrons. The number of hydrogen-bond donors (Lipinski definition) is 1. The molecular weight excluding hydrogens is 254 g/mol. The van der Waals surface area contributed by atoms with Crippen molar-refractivity contribution < 1.29 is 13.2 Å². The Morgan fingerprint density at radius 2 is 2.00 bits per heavy atom. The number of morpholine rings is 1. The summed E-state index contributed by atoms with van der Waals surface area (Å²) in [5.41, 5.74) is 0. The van der Waals surface area contributed by atoms with Crippen molar-refractivity contribution in [3.63, 3.8) is 0 Å². The van der Waals surface area contributed by atoms with Gasteiger partial charge in [0.2, 0.25) is 0 Å². The summed E-state index contributed by atoms with van der Waals surface area (Å²) >= 11 is 0. The van der Waals surface area contributed by atoms with E-state index in [2.05, 4.69) is 5.32 Å². The minimum atomic E-state index is -3.34. The molecule has 2 atom stereocenters. The summed E-state index contributed by atoms with van der Waals surface area (Å²) in [6.07, 6.45) is 0.842. The predicted molar refractivity (Wildman–Crippen MR) is 69.6 cm³/mol. The maximum Gasteiger partial charge on any atom is 0.282 e. The van der Waals surface area contributed by atoms with E-state index in [9.17, 15) is 8.42 Å². The molecule has 2 heterocycles. The van der Waals surface area contributed by atoms with Crippen LogP contribution in [0.1, 0.15) is 20.3 Å². The predicted octanol–water partition coefficient (Wildman–Crippen LogP) is -0.364. The van der Waals surface area contributed by atoms with E-state index in [1.54, 1.807) is 8.61 Å². The Morgan fingerprint density at radius 1 is 1.22 bits per heavy atom. The van der Waals surface area contributed by atoms with Gasteiger partial charge >= 0.3 is 0 Å². The lowest BCUT2D eigenvalue weighted by atomic mass is 10.2. The van der Waals surface area contributed by atoms with Gasteiger partial charge in [-0.3, -0.25) is 0 Å². The quantitative estimate of drug-likeness (QED) is 0.748. The molecule has 0 aromatic rings. The molecular formula is C11H23N3O3S. The van der Waals surface area contributed by atoms with Crippen molar-refractivity contribution in [2.45, 2.75) is 32.4 Å². The minimum absolute atomic E-state index is 0.0268. The van der Waals surface area contributed by atoms with Crippen LogP contribution in [0.2, 0.25) is 0 Å². The van der Waals surface area contributed by atoms with Gasteiger partial charge in [-0.1, -0.05) is 0 Å². The van der Waals surface area contributed by atoms with Crippen LogP contribution in [0.3, 0.4) is 0 Å². The average Bonchev–Trinajstić information content (AvgIpc) is 2.61. The maximum atomic E-state index is 12.6. The summed E-state index contributed by atoms with van der Waals surface area (Å²) in [5.74, 6) is 0. The van der Waals surface area contributed by atoms with Crippen LogP contribution < -0.4 is 5.32 Å². The van der Waals surface area contributed by atoms with E-state index >= 15 is 0 Å². The third kappa shape index (κ3) is 3.03. The topological polar surface area (TPSA) is 61.9 Å². The number of rotatable bonds is 2. The fraction of sp³-hybridized carbons (Fsp3) is 1.00. The molecule has 2 fully saturated rings. The van der Waals surface area contributed by atoms with Crippen molar-refractivity contribution in [2.75, 3.05) is 39.3 Å². The van der Waals surface area contributed by atoms with Crippen LogP contribution in [0.5, 0.6) is 0 Å². The van der Waals surface area contributed by atoms with E-state index < -0.39 is 10.2 Å². The molecule has 0 aliphatic carbocycles. The van der Waals surface area contributed by atoms with Crippen LogP contribution in [-0.4, -0.2) is 68.5 Å². The Hall–Kier alpha value is -0.210. The minimum Gasteiger partial charge on any atom is -0.375 e. The highest BCUT2D eigenvalue weighted by atomic mass is 32.2. The fourth-order valence-electron chi connectivity index (χ4n) is 2.39. The van der Waals surface area contributed by atoms with Crippen molar-refractivity contribution >= 4 is 10.2 Å². The molecule has 0 unspecified atom stereocenters. The van der Waals surface area contributed by atoms with E-state index in [4.69, 9.17) is 4.74 Å². The maximum absolute atomic E-state index is 12.6. The van der Waals surface area contributed by atoms with Crippen LogP contribution in [0.25, 0.3) is 0 Å². The van der Waals surface area contributed by atoms with Crippen molar-refractivity contribution in [3.8, 4) is 0 Å². The zero-order chi connectivity index (χ0) is 13.2. The number of nitrogens with zero attached hydrogens (tertiary/aromatic N) is 2. The molecule has 0 aromatic heterocycles. The third-order valence-electron chi connectivity index (χ3n) is 3.47. The largest absolute Gasteiger partial charge is 0.375 e. The van der Waals surface area contributed by atoms with E-state index in [1.807, 2.05) is 13.8 Å². The summed E-state index contributed by atoms with van der Waals surface area (Å²) < 4.78 is 33.9. The normalized spacial score (nSPS) is 33.2. The van der Waals surface area contributed by atoms with Gasteiger partial charge < -0.3 is 10.1 Å². The van der Waals surface area contributed by atoms with E-state index in [1.165, 1.54) is 0 Å². The molecule has 2 aliphatic rings. The SMILES string of the molecule is C[C@@H]1CO[C@@H](C)CN1S(=O)(=O)N1CCCNCC1. The number of ether oxygens (including phenoxy) is 1. The van der Waals surface area contributed by atoms with Crippen LogP contribution in [0.4, 0.5) is 0 Å². The van der Waals surface area contributed by atoms with Gasteiger partial charge in [0.25, 0.3) is 10.2 Å². The molecule has 0 bridgehead atoms. The van der Waals surface area contributed by atoms with E-state index in [0.717, 1.165) is 19.5 Å². The first-order chi connectivity index (χ1) is 8.51. The summed E-state index contributed by atoms with van der Waals surface area (Å²) in [4.78, 5) is 0. The zero-order valence-corrected chi connectivity index (χ0v) is 11.9. The Bertz CT molecular complexity index is 366. The van der Waals surface area contributed by atoms with Crippen molar-refractivity contribution in [1.29, 1.82) is 0 Å². The second-order valence-electron chi connectivity index (χ2n) is 5.07. The molecule has 2 saturated heterocycles. The average molecular weight is 277 g/mol. The van der Waals surface area contributed by atoms with Crippen molar-refractivity contribution in [1.82, 2.24) is 13.9 Å². The Labute approximate surface area is 109 Å². The van der Waals surface area contributed by atoms with Gasteiger partial charge in [-0.15, -0.1) is 0 Å². The first-order valence-electron chi connectivity index (χ1n) is 6.61. The number of nitrogens with one attached hydrogen (secondary N) is 1. The molecule has 18 heavy (non-hydrogen) atoms. The van der Waals surface area contributed by atoms with Gasteiger partial charge in [0.15, 0.2) is 0 Å². The molecule has 0 amide bonds. The van der Waals surface area contributed by atoms with Crippen LogP contribution in [0, 0.1) is 0 Å². The molecule has 0 spiro atoms. The molecule has 0 saturated carbocycles. The molecule has 2 aliphatic heterocycles. The monoisotopic (exact) mass is 277 g/mol. The van der Waals surface area contributed by atoms with Crippen molar-refractivity contribution in [3.05, 3.63) is 0 Å². The lowest BCUT2D eigenvalue weighted by Crippen LogP contribution is -2.55. The third-order valence-corrected chi connectivity index (χ3v) is 5.59. The molecule has 6 nitrogen and oxygen atoms in total. The van der Waals surface area contributed by atoms with Gasteiger partial charge in [-0.2, -0.15) is 17.0 Å². The van der Waals surface area contributed by atoms with Crippen LogP contribution in [-0.2, 0) is 14.9 Å². The highest BCUT2D eigenvalue weighted by Gasteiger charge is 2.36. The highest BCUT2D eigenvalue weighted by Crippen LogP contribution is 2.19. The number of hydrogen-bond acceptors (Lipinski definition) is 4. The van der Waals surface area contributed by atoms with E-state index in [-0.39, 0.29) is 12.1 Å². The zero-order valence-electron chi connectivity index (χ0n) is 11.1. The summed E-state index contributed by atoms with van der Waals surface area (Å²) in [7, 11) is -3.34. The Morgan fingerprint density at radius 3 is 2.78 bits per heavy atom. The summed E-state index contributed by atoms with van der Waals surface area (Å²) in [6.45, 7) is 7.53. The van der Waals surface area contributed by atoms with E-state index in [0.29, 0.717) is 26.2 Å². The lowest BCUT2D eigenvalue weighted by Gasteiger charge is -2.38. The highest BCUT2D eigenvalue weighted by molar-refractivity contribution is 7.86. The van der Waals surface area contributed by atoms with Gasteiger partial charge in [-0.05, 0) is 26.8 Å². The van der Waals surface area contributed by atoms with Crippen LogP contribution >= 0.6 is 0 Å². The Balaban J connectivity index is 2.12. The smallest absolute Gasteiger partial charge is 0.282 e. The molecule has 2 rings (SSSR count). The fourth-order valence-corrected chi connectivity index (χ4v) is 4.29. The second kappa shape index (κ2) is 5.83. The Kier molecular flexibility index (Phi) is 4.60. The van der Waals surface area contributed by atoms with Gasteiger partial charge in [0.1, 0.15) is 0 Å². The van der Waals surface area contributed by atoms with Crippen LogP contribution in [0.15, 0.2) is 0 Å². The first-order valence-corrected chi connectivity index (χ1v) is 8.01. The summed E-state index contributed by atoms with van der Waals surface area (Å²) in [5, 5.41) is 3.22. The van der Waals surface area contributed by atoms with Gasteiger partial charge in [-0.25, -0.2) is 0 Å². The lowest BCUT2D eigenvalue weighted by molar-refractivity contribution is -0.0190. The first kappa shape index (κ1) is 14.2. The molecule has 106 valence electrons. The summed E-state index contributed by atoms with van der Waals surface area (Å²) in [6, 6.07) is -0.0811. The molecule has 1 N–H and O–H groups in total. The molecule has 0 aromatic carbocycles. The molecule has 7 heteroatoms. The van der Waals surface area contributed by atoms with Gasteiger partial charge in [0, 0.05) is 32.2 Å². The van der Waals surface area contributed by atoms with Crippen molar-refractivity contribution in [2.24, 2.45) is 0 Å². The van der Waals surface area contributed by atoms with Gasteiger partial charge in [0.05, 0.1) is 12.7 Å².